The third kappa shape index (κ3) is 2.96. The Morgan fingerprint density at radius 1 is 1.05 bits per heavy atom. The first-order valence-corrected chi connectivity index (χ1v) is 6.28. The Morgan fingerprint density at radius 2 is 1.70 bits per heavy atom. The predicted octanol–water partition coefficient (Wildman–Crippen LogP) is 3.56. The maximum absolute atomic E-state index is 13.8. The number of aryl methyl sites for hydroxylation is 1. The van der Waals surface area contributed by atoms with E-state index in [-0.39, 0.29) is 17.5 Å². The number of hydrogen-bond donors (Lipinski definition) is 1. The van der Waals surface area contributed by atoms with Crippen molar-refractivity contribution in [2.45, 2.75) is 19.4 Å². The van der Waals surface area contributed by atoms with Crippen molar-refractivity contribution in [1.82, 2.24) is 0 Å². The lowest BCUT2D eigenvalue weighted by Crippen LogP contribution is -2.06. The number of methoxy groups -OCH3 is 1. The Kier molecular flexibility index (Phi) is 4.35. The van der Waals surface area contributed by atoms with Gasteiger partial charge in [0.25, 0.3) is 0 Å². The van der Waals surface area contributed by atoms with Gasteiger partial charge in [-0.15, -0.1) is 0 Å². The van der Waals surface area contributed by atoms with Crippen LogP contribution >= 0.6 is 0 Å². The molecule has 0 spiro atoms. The van der Waals surface area contributed by atoms with E-state index >= 15 is 0 Å². The Balaban J connectivity index is 2.19. The predicted molar refractivity (Wildman–Crippen MR) is 72.8 cm³/mol. The smallest absolute Gasteiger partial charge is 0.164 e. The molecule has 0 fully saturated rings. The Labute approximate surface area is 116 Å². The average Bonchev–Trinajstić information content (AvgIpc) is 2.45. The first kappa shape index (κ1) is 14.5. The van der Waals surface area contributed by atoms with Crippen molar-refractivity contribution in [1.29, 1.82) is 0 Å². The lowest BCUT2D eigenvalue weighted by atomic mass is 9.99. The summed E-state index contributed by atoms with van der Waals surface area (Å²) in [6.45, 7) is 1.48. The van der Waals surface area contributed by atoms with Gasteiger partial charge in [0.1, 0.15) is 5.75 Å². The van der Waals surface area contributed by atoms with Gasteiger partial charge in [0.15, 0.2) is 11.6 Å². The van der Waals surface area contributed by atoms with Crippen molar-refractivity contribution >= 4 is 0 Å². The molecule has 0 bridgehead atoms. The minimum atomic E-state index is -1.08. The van der Waals surface area contributed by atoms with Crippen LogP contribution < -0.4 is 4.74 Å². The van der Waals surface area contributed by atoms with E-state index in [1.807, 2.05) is 0 Å². The van der Waals surface area contributed by atoms with Crippen LogP contribution in [0.1, 0.15) is 22.8 Å². The summed E-state index contributed by atoms with van der Waals surface area (Å²) in [6, 6.07) is 9.96. The highest BCUT2D eigenvalue weighted by Crippen LogP contribution is 2.25. The highest BCUT2D eigenvalue weighted by molar-refractivity contribution is 5.31. The molecule has 0 saturated heterocycles. The van der Waals surface area contributed by atoms with Crippen LogP contribution in [-0.2, 0) is 6.42 Å². The van der Waals surface area contributed by atoms with E-state index in [0.29, 0.717) is 5.75 Å². The van der Waals surface area contributed by atoms with Crippen LogP contribution in [0.3, 0.4) is 0 Å². The van der Waals surface area contributed by atoms with Crippen LogP contribution in [0.2, 0.25) is 0 Å². The molecule has 2 rings (SSSR count). The van der Waals surface area contributed by atoms with Crippen LogP contribution in [0, 0.1) is 18.6 Å². The number of aliphatic hydroxyl groups excluding tert-OH is 1. The molecule has 2 aromatic rings. The molecule has 2 nitrogen and oxygen atoms in total. The second kappa shape index (κ2) is 6.01. The molecule has 0 aliphatic carbocycles. The molecule has 1 atom stereocenters. The van der Waals surface area contributed by atoms with E-state index in [2.05, 4.69) is 0 Å². The van der Waals surface area contributed by atoms with Crippen LogP contribution in [0.5, 0.6) is 5.75 Å². The monoisotopic (exact) mass is 278 g/mol. The molecule has 0 aromatic heterocycles. The van der Waals surface area contributed by atoms with Crippen molar-refractivity contribution in [2.75, 3.05) is 7.11 Å². The second-order valence-corrected chi connectivity index (χ2v) is 4.67. The number of hydrogen-bond acceptors (Lipinski definition) is 2. The Morgan fingerprint density at radius 3 is 2.30 bits per heavy atom. The number of aliphatic hydroxyl groups is 1. The molecule has 0 heterocycles. The van der Waals surface area contributed by atoms with Crippen LogP contribution in [0.25, 0.3) is 0 Å². The summed E-state index contributed by atoms with van der Waals surface area (Å²) in [5.41, 5.74) is 1.02. The molecule has 1 unspecified atom stereocenters. The zero-order valence-electron chi connectivity index (χ0n) is 11.4. The maximum Gasteiger partial charge on any atom is 0.164 e. The lowest BCUT2D eigenvalue weighted by Gasteiger charge is -2.13. The highest BCUT2D eigenvalue weighted by atomic mass is 19.2. The van der Waals surface area contributed by atoms with Gasteiger partial charge in [-0.1, -0.05) is 24.3 Å². The fraction of sp³-hybridized carbons (Fsp3) is 0.250. The SMILES string of the molecule is COc1ccc(CC(O)c2ccc(C)c(F)c2F)cc1. The van der Waals surface area contributed by atoms with Crippen molar-refractivity contribution in [2.24, 2.45) is 0 Å². The molecule has 4 heteroatoms. The summed E-state index contributed by atoms with van der Waals surface area (Å²) in [5.74, 6) is -1.18. The summed E-state index contributed by atoms with van der Waals surface area (Å²) in [4.78, 5) is 0. The summed E-state index contributed by atoms with van der Waals surface area (Å²) in [7, 11) is 1.56. The van der Waals surface area contributed by atoms with Gasteiger partial charge in [0.2, 0.25) is 0 Å². The van der Waals surface area contributed by atoms with Gasteiger partial charge in [-0.2, -0.15) is 0 Å². The average molecular weight is 278 g/mol. The van der Waals surface area contributed by atoms with Crippen LogP contribution in [-0.4, -0.2) is 12.2 Å². The number of benzene rings is 2. The van der Waals surface area contributed by atoms with E-state index in [1.54, 1.807) is 31.4 Å². The minimum Gasteiger partial charge on any atom is -0.497 e. The Hall–Kier alpha value is -1.94. The van der Waals surface area contributed by atoms with E-state index in [9.17, 15) is 13.9 Å². The maximum atomic E-state index is 13.8. The molecule has 0 amide bonds. The van der Waals surface area contributed by atoms with Crippen molar-refractivity contribution in [3.63, 3.8) is 0 Å². The topological polar surface area (TPSA) is 29.5 Å². The molecule has 106 valence electrons. The standard InChI is InChI=1S/C16H16F2O2/c1-10-3-8-13(16(18)15(10)17)14(19)9-11-4-6-12(20-2)7-5-11/h3-8,14,19H,9H2,1-2H3. The van der Waals surface area contributed by atoms with E-state index in [1.165, 1.54) is 19.1 Å². The van der Waals surface area contributed by atoms with Crippen molar-refractivity contribution in [3.05, 3.63) is 64.7 Å². The molecule has 0 radical (unpaired) electrons. The number of ether oxygens (including phenoxy) is 1. The molecular formula is C16H16F2O2. The second-order valence-electron chi connectivity index (χ2n) is 4.67. The number of rotatable bonds is 4. The van der Waals surface area contributed by atoms with Gasteiger partial charge < -0.3 is 9.84 Å². The highest BCUT2D eigenvalue weighted by Gasteiger charge is 2.18. The van der Waals surface area contributed by atoms with E-state index in [0.717, 1.165) is 5.56 Å². The zero-order chi connectivity index (χ0) is 14.7. The lowest BCUT2D eigenvalue weighted by molar-refractivity contribution is 0.172. The minimum absolute atomic E-state index is 0.0241. The van der Waals surface area contributed by atoms with Gasteiger partial charge >= 0.3 is 0 Å². The van der Waals surface area contributed by atoms with Crippen LogP contribution in [0.4, 0.5) is 8.78 Å². The summed E-state index contributed by atoms with van der Waals surface area (Å²) < 4.78 is 32.3. The van der Waals surface area contributed by atoms with E-state index in [4.69, 9.17) is 4.74 Å². The normalized spacial score (nSPS) is 12.2. The molecular weight excluding hydrogens is 262 g/mol. The molecule has 0 aliphatic rings. The third-order valence-electron chi connectivity index (χ3n) is 3.25. The van der Waals surface area contributed by atoms with E-state index < -0.39 is 17.7 Å². The first-order valence-electron chi connectivity index (χ1n) is 6.28. The van der Waals surface area contributed by atoms with Gasteiger partial charge in [-0.05, 0) is 30.2 Å². The largest absolute Gasteiger partial charge is 0.497 e. The number of halogens is 2. The molecule has 1 N–H and O–H groups in total. The summed E-state index contributed by atoms with van der Waals surface area (Å²) in [5, 5.41) is 10.1. The Bertz CT molecular complexity index is 594. The third-order valence-corrected chi connectivity index (χ3v) is 3.25. The van der Waals surface area contributed by atoms with Gasteiger partial charge in [0.05, 0.1) is 13.2 Å². The molecule has 2 aromatic carbocycles. The fourth-order valence-corrected chi connectivity index (χ4v) is 2.01. The summed E-state index contributed by atoms with van der Waals surface area (Å²) >= 11 is 0. The fourth-order valence-electron chi connectivity index (χ4n) is 2.01. The van der Waals surface area contributed by atoms with Gasteiger partial charge in [0, 0.05) is 12.0 Å². The summed E-state index contributed by atoms with van der Waals surface area (Å²) in [6.07, 6.45) is -0.873. The van der Waals surface area contributed by atoms with Gasteiger partial charge in [-0.25, -0.2) is 8.78 Å². The quantitative estimate of drug-likeness (QED) is 0.926. The van der Waals surface area contributed by atoms with Crippen LogP contribution in [0.15, 0.2) is 36.4 Å². The molecule has 0 saturated carbocycles. The van der Waals surface area contributed by atoms with Crippen molar-refractivity contribution in [3.8, 4) is 5.75 Å². The molecule has 20 heavy (non-hydrogen) atoms. The van der Waals surface area contributed by atoms with Crippen molar-refractivity contribution < 1.29 is 18.6 Å². The van der Waals surface area contributed by atoms with Gasteiger partial charge in [-0.3, -0.25) is 0 Å². The molecule has 0 aliphatic heterocycles. The first-order chi connectivity index (χ1) is 9.52. The zero-order valence-corrected chi connectivity index (χ0v) is 11.4.